The van der Waals surface area contributed by atoms with Crippen molar-refractivity contribution < 1.29 is 105 Å². The van der Waals surface area contributed by atoms with Crippen LogP contribution in [0.3, 0.4) is 0 Å². The Balaban J connectivity index is 6.88. The predicted molar refractivity (Wildman–Crippen MR) is 128 cm³/mol. The fourth-order valence-electron chi connectivity index (χ4n) is 3.20. The second kappa shape index (κ2) is 17.7. The van der Waals surface area contributed by atoms with E-state index in [0.29, 0.717) is 6.92 Å². The van der Waals surface area contributed by atoms with E-state index in [0.717, 1.165) is 0 Å². The Morgan fingerprint density at radius 1 is 0.721 bits per heavy atom. The zero-order valence-electron chi connectivity index (χ0n) is 22.1. The largest absolute Gasteiger partial charge is 0.481 e. The molecule has 0 radical (unpaired) electrons. The second-order valence-electron chi connectivity index (χ2n) is 8.91. The lowest BCUT2D eigenvalue weighted by Crippen LogP contribution is -2.61. The van der Waals surface area contributed by atoms with Crippen molar-refractivity contribution >= 4 is 29.8 Å². The maximum Gasteiger partial charge on any atom is 0.340 e. The number of aliphatic carboxylic acids is 3. The van der Waals surface area contributed by atoms with Crippen LogP contribution < -0.4 is 0 Å². The third kappa shape index (κ3) is 12.0. The third-order valence-corrected chi connectivity index (χ3v) is 5.52. The van der Waals surface area contributed by atoms with Gasteiger partial charge in [-0.2, -0.15) is 0 Å². The maximum absolute atomic E-state index is 12.8. The minimum Gasteiger partial charge on any atom is -0.481 e. The SMILES string of the molecule is C[C@](OC(=O)[C@H](O)[C@H](O)[C@H](O)[C@@H](O)[C@H](O)CO)(OC(CC(=O)O)C(=O)O)[C@H](OC(=O)/C=C\C(=O)O)[C@H](O)[C@@H](O)[C@H](O)CO. The Bertz CT molecular complexity index is 984. The standard InChI is InChI=1S/C22H34O21/c1-22(42-9(20(38)39)4-11(29)30,43-21(40)18(37)16(35)15(34)13(32)7(25)5-23)19(17(36)14(33)8(26)6-24)41-12(31)3-2-10(27)28/h2-3,7-9,13-19,23-26,32-37H,4-6H2,1H3,(H,27,28)(H,29,30)(H,38,39)/b3-2-/t7-,8-,9?,13+,14+,15-,16-,17-,18-,19-,22-/m1/s1. The van der Waals surface area contributed by atoms with Gasteiger partial charge in [-0.3, -0.25) is 4.79 Å². The molecule has 248 valence electrons. The van der Waals surface area contributed by atoms with Gasteiger partial charge in [0.1, 0.15) is 42.7 Å². The fourth-order valence-corrected chi connectivity index (χ4v) is 3.20. The number of hydrogen-bond donors (Lipinski definition) is 13. The molecule has 1 unspecified atom stereocenters. The van der Waals surface area contributed by atoms with Crippen LogP contribution in [0.4, 0.5) is 0 Å². The van der Waals surface area contributed by atoms with Gasteiger partial charge in [-0.25, -0.2) is 19.2 Å². The van der Waals surface area contributed by atoms with Crippen LogP contribution in [-0.4, -0.2) is 176 Å². The monoisotopic (exact) mass is 634 g/mol. The Hall–Kier alpha value is -3.35. The topological polar surface area (TPSA) is 376 Å². The van der Waals surface area contributed by atoms with Crippen LogP contribution in [0.2, 0.25) is 0 Å². The molecular formula is C22H34O21. The van der Waals surface area contributed by atoms with Crippen molar-refractivity contribution in [1.82, 2.24) is 0 Å². The minimum atomic E-state index is -3.35. The van der Waals surface area contributed by atoms with E-state index in [1.54, 1.807) is 0 Å². The van der Waals surface area contributed by atoms with Crippen molar-refractivity contribution in [2.24, 2.45) is 0 Å². The van der Waals surface area contributed by atoms with Crippen LogP contribution in [-0.2, 0) is 38.2 Å². The maximum atomic E-state index is 12.8. The second-order valence-corrected chi connectivity index (χ2v) is 8.91. The summed E-state index contributed by atoms with van der Waals surface area (Å²) in [4.78, 5) is 58.7. The number of carboxylic acids is 3. The van der Waals surface area contributed by atoms with Crippen LogP contribution in [0.5, 0.6) is 0 Å². The molecule has 0 aromatic heterocycles. The number of aliphatic hydroxyl groups excluding tert-OH is 10. The van der Waals surface area contributed by atoms with Crippen LogP contribution in [0.25, 0.3) is 0 Å². The van der Waals surface area contributed by atoms with Gasteiger partial charge in [0.25, 0.3) is 5.79 Å². The third-order valence-electron chi connectivity index (χ3n) is 5.52. The average Bonchev–Trinajstić information content (AvgIpc) is 2.94. The molecule has 0 saturated carbocycles. The Morgan fingerprint density at radius 2 is 1.21 bits per heavy atom. The van der Waals surface area contributed by atoms with E-state index in [1.807, 2.05) is 0 Å². The molecule has 0 aliphatic carbocycles. The fraction of sp³-hybridized carbons (Fsp3) is 0.682. The molecule has 43 heavy (non-hydrogen) atoms. The summed E-state index contributed by atoms with van der Waals surface area (Å²) in [7, 11) is 0. The molecule has 0 aliphatic heterocycles. The summed E-state index contributed by atoms with van der Waals surface area (Å²) in [5.41, 5.74) is 0. The number of carboxylic acid groups (broad SMARTS) is 3. The molecule has 0 bridgehead atoms. The normalized spacial score (nSPS) is 20.3. The number of esters is 2. The summed E-state index contributed by atoms with van der Waals surface area (Å²) in [6, 6.07) is 0. The van der Waals surface area contributed by atoms with Crippen molar-refractivity contribution in [3.05, 3.63) is 12.2 Å². The number of carbonyl (C=O) groups excluding carboxylic acids is 2. The Morgan fingerprint density at radius 3 is 1.63 bits per heavy atom. The quantitative estimate of drug-likeness (QED) is 0.0336. The molecule has 0 saturated heterocycles. The molecule has 0 aromatic rings. The van der Waals surface area contributed by atoms with E-state index >= 15 is 0 Å². The Labute approximate surface area is 240 Å². The van der Waals surface area contributed by atoms with E-state index < -0.39 is 116 Å². The summed E-state index contributed by atoms with van der Waals surface area (Å²) in [5.74, 6) is -12.9. The first kappa shape index (κ1) is 39.6. The first-order valence-corrected chi connectivity index (χ1v) is 11.9. The van der Waals surface area contributed by atoms with Crippen LogP contribution in [0, 0.1) is 0 Å². The molecule has 0 heterocycles. The first-order chi connectivity index (χ1) is 19.7. The van der Waals surface area contributed by atoms with E-state index in [1.165, 1.54) is 0 Å². The molecule has 0 aromatic carbocycles. The molecule has 21 heteroatoms. The molecule has 0 spiro atoms. The van der Waals surface area contributed by atoms with Gasteiger partial charge in [-0.15, -0.1) is 0 Å². The summed E-state index contributed by atoms with van der Waals surface area (Å²) < 4.78 is 14.6. The number of rotatable bonds is 20. The molecule has 0 rings (SSSR count). The van der Waals surface area contributed by atoms with Crippen LogP contribution >= 0.6 is 0 Å². The molecule has 21 nitrogen and oxygen atoms in total. The smallest absolute Gasteiger partial charge is 0.340 e. The lowest BCUT2D eigenvalue weighted by atomic mass is 9.96. The van der Waals surface area contributed by atoms with E-state index in [-0.39, 0.29) is 12.2 Å². The van der Waals surface area contributed by atoms with Crippen LogP contribution in [0.15, 0.2) is 12.2 Å². The zero-order chi connectivity index (χ0) is 33.8. The molecular weight excluding hydrogens is 600 g/mol. The van der Waals surface area contributed by atoms with Gasteiger partial charge < -0.3 is 80.6 Å². The number of aliphatic hydroxyl groups is 10. The first-order valence-electron chi connectivity index (χ1n) is 11.9. The van der Waals surface area contributed by atoms with Crippen molar-refractivity contribution in [3.8, 4) is 0 Å². The van der Waals surface area contributed by atoms with Crippen molar-refractivity contribution in [1.29, 1.82) is 0 Å². The number of hydrogen-bond acceptors (Lipinski definition) is 18. The lowest BCUT2D eigenvalue weighted by Gasteiger charge is -2.41. The van der Waals surface area contributed by atoms with Gasteiger partial charge in [-0.1, -0.05) is 0 Å². The van der Waals surface area contributed by atoms with Gasteiger partial charge in [0, 0.05) is 19.1 Å². The van der Waals surface area contributed by atoms with E-state index in [9.17, 15) is 69.9 Å². The molecule has 11 atom stereocenters. The summed E-state index contributed by atoms with van der Waals surface area (Å²) >= 11 is 0. The highest BCUT2D eigenvalue weighted by Crippen LogP contribution is 2.30. The van der Waals surface area contributed by atoms with Crippen molar-refractivity contribution in [2.75, 3.05) is 13.2 Å². The minimum absolute atomic E-state index is 0.188. The molecule has 13 N–H and O–H groups in total. The summed E-state index contributed by atoms with van der Waals surface area (Å²) in [5, 5.41) is 125. The van der Waals surface area contributed by atoms with E-state index in [4.69, 9.17) is 34.6 Å². The average molecular weight is 634 g/mol. The van der Waals surface area contributed by atoms with Gasteiger partial charge in [-0.05, 0) is 0 Å². The molecule has 0 fully saturated rings. The van der Waals surface area contributed by atoms with Gasteiger partial charge in [0.05, 0.1) is 19.6 Å². The van der Waals surface area contributed by atoms with Crippen molar-refractivity contribution in [2.45, 2.75) is 80.2 Å². The molecule has 0 amide bonds. The number of carbonyl (C=O) groups is 5. The van der Waals surface area contributed by atoms with Crippen LogP contribution in [0.1, 0.15) is 13.3 Å². The van der Waals surface area contributed by atoms with Gasteiger partial charge in [0.15, 0.2) is 18.3 Å². The van der Waals surface area contributed by atoms with Gasteiger partial charge in [0.2, 0.25) is 0 Å². The number of ether oxygens (including phenoxy) is 3. The highest BCUT2D eigenvalue weighted by Gasteiger charge is 2.53. The highest BCUT2D eigenvalue weighted by molar-refractivity contribution is 5.90. The summed E-state index contributed by atoms with van der Waals surface area (Å²) in [6.07, 6.45) is -26.7. The van der Waals surface area contributed by atoms with Gasteiger partial charge >= 0.3 is 29.8 Å². The van der Waals surface area contributed by atoms with E-state index in [2.05, 4.69) is 0 Å². The zero-order valence-corrected chi connectivity index (χ0v) is 22.1. The summed E-state index contributed by atoms with van der Waals surface area (Å²) in [6.45, 7) is -1.97. The highest BCUT2D eigenvalue weighted by atomic mass is 16.8. The predicted octanol–water partition coefficient (Wildman–Crippen LogP) is -7.39. The van der Waals surface area contributed by atoms with Crippen molar-refractivity contribution in [3.63, 3.8) is 0 Å². The molecule has 0 aliphatic rings. The Kier molecular flexibility index (Phi) is 16.3. The lowest BCUT2D eigenvalue weighted by molar-refractivity contribution is -0.305.